The number of rotatable bonds is 4. The molecule has 1 heterocycles. The van der Waals surface area contributed by atoms with E-state index in [4.69, 9.17) is 16.3 Å². The normalized spacial score (nSPS) is 12.7. The number of hydrogen-bond acceptors (Lipinski definition) is 3. The van der Waals surface area contributed by atoms with E-state index < -0.39 is 6.10 Å². The highest BCUT2D eigenvalue weighted by molar-refractivity contribution is 6.31. The number of halogens is 1. The Morgan fingerprint density at radius 1 is 1.32 bits per heavy atom. The van der Waals surface area contributed by atoms with Gasteiger partial charge in [0.1, 0.15) is 11.8 Å². The van der Waals surface area contributed by atoms with Crippen molar-refractivity contribution >= 4 is 11.6 Å². The van der Waals surface area contributed by atoms with E-state index in [1.165, 1.54) is 0 Å². The summed E-state index contributed by atoms with van der Waals surface area (Å²) >= 11 is 6.13. The van der Waals surface area contributed by atoms with Crippen LogP contribution in [0, 0.1) is 0 Å². The third-order valence-corrected chi connectivity index (χ3v) is 3.31. The average molecular weight is 281 g/mol. The minimum atomic E-state index is -0.867. The van der Waals surface area contributed by atoms with Gasteiger partial charge in [0.05, 0.1) is 13.3 Å². The Bertz CT molecular complexity index is 566. The van der Waals surface area contributed by atoms with E-state index in [0.29, 0.717) is 22.0 Å². The van der Waals surface area contributed by atoms with Gasteiger partial charge in [-0.3, -0.25) is 4.68 Å². The Kier molecular flexibility index (Phi) is 4.12. The van der Waals surface area contributed by atoms with Crippen LogP contribution in [0.25, 0.3) is 0 Å². The molecule has 2 rings (SSSR count). The molecule has 1 aromatic heterocycles. The SMILES string of the molecule is COc1cnn(C(C)C)c1C(O)c1ccccc1Cl. The quantitative estimate of drug-likeness (QED) is 0.935. The molecule has 0 amide bonds. The van der Waals surface area contributed by atoms with Crippen molar-refractivity contribution in [2.45, 2.75) is 26.0 Å². The monoisotopic (exact) mass is 280 g/mol. The molecule has 0 spiro atoms. The lowest BCUT2D eigenvalue weighted by atomic mass is 10.1. The molecule has 0 saturated heterocycles. The standard InChI is InChI=1S/C14H17ClN2O2/c1-9(2)17-13(12(19-3)8-16-17)14(18)10-6-4-5-7-11(10)15/h4-9,14,18H,1-3H3. The van der Waals surface area contributed by atoms with Crippen LogP contribution < -0.4 is 4.74 Å². The minimum absolute atomic E-state index is 0.121. The molecule has 1 aromatic carbocycles. The molecule has 0 aliphatic heterocycles. The molecule has 0 radical (unpaired) electrons. The zero-order valence-corrected chi connectivity index (χ0v) is 11.9. The molecular formula is C14H17ClN2O2. The second-order valence-electron chi connectivity index (χ2n) is 4.56. The Labute approximate surface area is 117 Å². The van der Waals surface area contributed by atoms with Crippen LogP contribution in [0.15, 0.2) is 30.5 Å². The summed E-state index contributed by atoms with van der Waals surface area (Å²) < 4.78 is 7.02. The molecule has 102 valence electrons. The summed E-state index contributed by atoms with van der Waals surface area (Å²) in [4.78, 5) is 0. The number of benzene rings is 1. The molecule has 0 saturated carbocycles. The summed E-state index contributed by atoms with van der Waals surface area (Å²) in [6.07, 6.45) is 0.739. The van der Waals surface area contributed by atoms with Gasteiger partial charge in [-0.2, -0.15) is 5.10 Å². The molecule has 0 bridgehead atoms. The third kappa shape index (κ3) is 2.60. The maximum atomic E-state index is 10.6. The lowest BCUT2D eigenvalue weighted by Crippen LogP contribution is -2.13. The lowest BCUT2D eigenvalue weighted by Gasteiger charge is -2.18. The zero-order valence-electron chi connectivity index (χ0n) is 11.2. The van der Waals surface area contributed by atoms with Gasteiger partial charge < -0.3 is 9.84 Å². The van der Waals surface area contributed by atoms with E-state index in [1.54, 1.807) is 30.1 Å². The number of ether oxygens (including phenoxy) is 1. The van der Waals surface area contributed by atoms with Crippen LogP contribution >= 0.6 is 11.6 Å². The summed E-state index contributed by atoms with van der Waals surface area (Å²) in [6, 6.07) is 7.34. The van der Waals surface area contributed by atoms with Gasteiger partial charge in [0.2, 0.25) is 0 Å². The highest BCUT2D eigenvalue weighted by Crippen LogP contribution is 2.34. The van der Waals surface area contributed by atoms with Crippen LogP contribution in [-0.2, 0) is 0 Å². The molecule has 5 heteroatoms. The maximum Gasteiger partial charge on any atom is 0.163 e. The third-order valence-electron chi connectivity index (χ3n) is 2.97. The van der Waals surface area contributed by atoms with Gasteiger partial charge in [0.25, 0.3) is 0 Å². The van der Waals surface area contributed by atoms with Crippen LogP contribution in [0.1, 0.15) is 37.3 Å². The smallest absolute Gasteiger partial charge is 0.163 e. The predicted octanol–water partition coefficient (Wildman–Crippen LogP) is 3.21. The number of nitrogens with zero attached hydrogens (tertiary/aromatic N) is 2. The molecule has 1 atom stereocenters. The largest absolute Gasteiger partial charge is 0.493 e. The lowest BCUT2D eigenvalue weighted by molar-refractivity contribution is 0.199. The fourth-order valence-electron chi connectivity index (χ4n) is 2.03. The van der Waals surface area contributed by atoms with Crippen molar-refractivity contribution < 1.29 is 9.84 Å². The predicted molar refractivity (Wildman–Crippen MR) is 74.7 cm³/mol. The average Bonchev–Trinajstić information content (AvgIpc) is 2.82. The highest BCUT2D eigenvalue weighted by atomic mass is 35.5. The van der Waals surface area contributed by atoms with Crippen molar-refractivity contribution in [3.05, 3.63) is 46.7 Å². The van der Waals surface area contributed by atoms with Crippen LogP contribution in [0.2, 0.25) is 5.02 Å². The van der Waals surface area contributed by atoms with Crippen LogP contribution in [0.5, 0.6) is 5.75 Å². The fourth-order valence-corrected chi connectivity index (χ4v) is 2.27. The van der Waals surface area contributed by atoms with E-state index in [9.17, 15) is 5.11 Å². The first kappa shape index (κ1) is 13.9. The van der Waals surface area contributed by atoms with Crippen molar-refractivity contribution in [2.75, 3.05) is 7.11 Å². The first-order valence-electron chi connectivity index (χ1n) is 6.10. The first-order chi connectivity index (χ1) is 9.06. The van der Waals surface area contributed by atoms with Crippen molar-refractivity contribution in [1.82, 2.24) is 9.78 Å². The molecule has 0 aliphatic rings. The topological polar surface area (TPSA) is 47.3 Å². The molecular weight excluding hydrogens is 264 g/mol. The van der Waals surface area contributed by atoms with Crippen LogP contribution in [0.3, 0.4) is 0 Å². The van der Waals surface area contributed by atoms with E-state index in [1.807, 2.05) is 26.0 Å². The van der Waals surface area contributed by atoms with Gasteiger partial charge in [0.15, 0.2) is 5.75 Å². The molecule has 4 nitrogen and oxygen atoms in total. The Hall–Kier alpha value is -1.52. The van der Waals surface area contributed by atoms with Gasteiger partial charge in [0, 0.05) is 16.6 Å². The summed E-state index contributed by atoms with van der Waals surface area (Å²) in [6.45, 7) is 3.99. The van der Waals surface area contributed by atoms with E-state index in [-0.39, 0.29) is 6.04 Å². The van der Waals surface area contributed by atoms with Gasteiger partial charge in [-0.15, -0.1) is 0 Å². The molecule has 0 fully saturated rings. The van der Waals surface area contributed by atoms with Gasteiger partial charge in [-0.05, 0) is 19.9 Å². The number of methoxy groups -OCH3 is 1. The number of aromatic nitrogens is 2. The summed E-state index contributed by atoms with van der Waals surface area (Å²) in [7, 11) is 1.56. The van der Waals surface area contributed by atoms with Crippen molar-refractivity contribution in [3.63, 3.8) is 0 Å². The minimum Gasteiger partial charge on any atom is -0.493 e. The van der Waals surface area contributed by atoms with Crippen LogP contribution in [-0.4, -0.2) is 22.0 Å². The molecule has 19 heavy (non-hydrogen) atoms. The Balaban J connectivity index is 2.52. The van der Waals surface area contributed by atoms with E-state index in [2.05, 4.69) is 5.10 Å². The summed E-state index contributed by atoms with van der Waals surface area (Å²) in [5.74, 6) is 0.557. The Morgan fingerprint density at radius 3 is 2.58 bits per heavy atom. The summed E-state index contributed by atoms with van der Waals surface area (Å²) in [5, 5.41) is 15.4. The molecule has 1 N–H and O–H groups in total. The van der Waals surface area contributed by atoms with Crippen molar-refractivity contribution in [1.29, 1.82) is 0 Å². The highest BCUT2D eigenvalue weighted by Gasteiger charge is 2.24. The van der Waals surface area contributed by atoms with Gasteiger partial charge in [-0.25, -0.2) is 0 Å². The van der Waals surface area contributed by atoms with Crippen molar-refractivity contribution in [2.24, 2.45) is 0 Å². The van der Waals surface area contributed by atoms with Crippen LogP contribution in [0.4, 0.5) is 0 Å². The van der Waals surface area contributed by atoms with Gasteiger partial charge >= 0.3 is 0 Å². The second kappa shape index (κ2) is 5.63. The van der Waals surface area contributed by atoms with E-state index >= 15 is 0 Å². The second-order valence-corrected chi connectivity index (χ2v) is 4.97. The number of aliphatic hydroxyl groups is 1. The van der Waals surface area contributed by atoms with E-state index in [0.717, 1.165) is 0 Å². The van der Waals surface area contributed by atoms with Gasteiger partial charge in [-0.1, -0.05) is 29.8 Å². The zero-order chi connectivity index (χ0) is 14.0. The Morgan fingerprint density at radius 2 is 2.00 bits per heavy atom. The maximum absolute atomic E-state index is 10.6. The first-order valence-corrected chi connectivity index (χ1v) is 6.48. The molecule has 2 aromatic rings. The molecule has 1 unspecified atom stereocenters. The molecule has 0 aliphatic carbocycles. The fraction of sp³-hybridized carbons (Fsp3) is 0.357. The number of aliphatic hydroxyl groups excluding tert-OH is 1. The summed E-state index contributed by atoms with van der Waals surface area (Å²) in [5.41, 5.74) is 1.26. The van der Waals surface area contributed by atoms with Crippen molar-refractivity contribution in [3.8, 4) is 5.75 Å². The number of hydrogen-bond donors (Lipinski definition) is 1.